The molecule has 3 aliphatic rings. The second kappa shape index (κ2) is 15.7. The standard InChI is InChI=1S/C35H41N7O7/c43-30(39-17-19-40(20-18-39)35(47)49-23-25-9-3-1-4-10-25)22-36-33(45)28-21-32(42(38-28)27-13-5-2-6-14-27)48-24-31(44)41-16-8-15-29(41)34(46)37-26-11-7-12-26/h1-6,9-10,13-14,21,26,29H,7-8,11-12,15-20,22-24H2,(H,36,45)(H,37,46). The number of nitrogens with zero attached hydrogens (tertiary/aromatic N) is 5. The molecule has 14 heteroatoms. The molecular weight excluding hydrogens is 630 g/mol. The largest absolute Gasteiger partial charge is 0.467 e. The molecule has 3 fully saturated rings. The van der Waals surface area contributed by atoms with Gasteiger partial charge in [-0.3, -0.25) is 19.2 Å². The molecule has 14 nitrogen and oxygen atoms in total. The quantitative estimate of drug-likeness (QED) is 0.314. The van der Waals surface area contributed by atoms with Crippen LogP contribution in [-0.4, -0.2) is 112 Å². The Morgan fingerprint density at radius 1 is 0.796 bits per heavy atom. The molecule has 5 amide bonds. The third kappa shape index (κ3) is 8.37. The summed E-state index contributed by atoms with van der Waals surface area (Å²) in [7, 11) is 0. The lowest BCUT2D eigenvalue weighted by Crippen LogP contribution is -2.52. The van der Waals surface area contributed by atoms with Crippen LogP contribution in [0.25, 0.3) is 5.69 Å². The Hall–Kier alpha value is -5.40. The van der Waals surface area contributed by atoms with Crippen LogP contribution < -0.4 is 15.4 Å². The van der Waals surface area contributed by atoms with E-state index >= 15 is 0 Å². The van der Waals surface area contributed by atoms with Gasteiger partial charge in [0.2, 0.25) is 17.7 Å². The van der Waals surface area contributed by atoms with Crippen LogP contribution in [-0.2, 0) is 25.7 Å². The summed E-state index contributed by atoms with van der Waals surface area (Å²) in [4.78, 5) is 69.3. The van der Waals surface area contributed by atoms with Crippen molar-refractivity contribution >= 4 is 29.7 Å². The van der Waals surface area contributed by atoms with E-state index in [1.54, 1.807) is 26.8 Å². The molecule has 0 spiro atoms. The van der Waals surface area contributed by atoms with Gasteiger partial charge in [0.1, 0.15) is 12.6 Å². The Bertz CT molecular complexity index is 1640. The molecule has 1 saturated carbocycles. The maximum Gasteiger partial charge on any atom is 0.410 e. The fourth-order valence-corrected chi connectivity index (χ4v) is 6.05. The number of hydrogen-bond acceptors (Lipinski definition) is 8. The van der Waals surface area contributed by atoms with Crippen molar-refractivity contribution in [1.82, 2.24) is 35.1 Å². The Balaban J connectivity index is 1.01. The molecule has 3 heterocycles. The van der Waals surface area contributed by atoms with E-state index in [4.69, 9.17) is 9.47 Å². The number of likely N-dealkylation sites (tertiary alicyclic amines) is 1. The van der Waals surface area contributed by atoms with Gasteiger partial charge in [-0.15, -0.1) is 0 Å². The normalized spacial score (nSPS) is 17.6. The lowest BCUT2D eigenvalue weighted by molar-refractivity contribution is -0.140. The van der Waals surface area contributed by atoms with Crippen LogP contribution in [0, 0.1) is 0 Å². The fraction of sp³-hybridized carbons (Fsp3) is 0.429. The number of hydrogen-bond donors (Lipinski definition) is 2. The van der Waals surface area contributed by atoms with Crippen LogP contribution in [0.3, 0.4) is 0 Å². The number of amides is 5. The summed E-state index contributed by atoms with van der Waals surface area (Å²) in [5, 5.41) is 10.1. The van der Waals surface area contributed by atoms with Gasteiger partial charge in [0.05, 0.1) is 12.2 Å². The first kappa shape index (κ1) is 33.5. The minimum absolute atomic E-state index is 0.00371. The van der Waals surface area contributed by atoms with Crippen molar-refractivity contribution in [2.45, 2.75) is 50.8 Å². The van der Waals surface area contributed by atoms with Crippen molar-refractivity contribution in [1.29, 1.82) is 0 Å². The summed E-state index contributed by atoms with van der Waals surface area (Å²) in [6.45, 7) is 1.30. The number of benzene rings is 2. The van der Waals surface area contributed by atoms with Crippen LogP contribution in [0.5, 0.6) is 5.88 Å². The van der Waals surface area contributed by atoms with Gasteiger partial charge in [0.15, 0.2) is 12.3 Å². The van der Waals surface area contributed by atoms with Gasteiger partial charge < -0.3 is 34.8 Å². The minimum atomic E-state index is -0.588. The highest BCUT2D eigenvalue weighted by Gasteiger charge is 2.36. The maximum absolute atomic E-state index is 13.2. The van der Waals surface area contributed by atoms with E-state index in [0.29, 0.717) is 44.8 Å². The molecule has 1 aliphatic carbocycles. The molecule has 1 aromatic heterocycles. The van der Waals surface area contributed by atoms with Crippen molar-refractivity contribution in [2.75, 3.05) is 45.9 Å². The van der Waals surface area contributed by atoms with Crippen molar-refractivity contribution in [3.63, 3.8) is 0 Å². The van der Waals surface area contributed by atoms with Gasteiger partial charge in [0, 0.05) is 44.8 Å². The third-order valence-electron chi connectivity index (χ3n) is 9.08. The van der Waals surface area contributed by atoms with E-state index in [9.17, 15) is 24.0 Å². The molecule has 2 aromatic carbocycles. The summed E-state index contributed by atoms with van der Waals surface area (Å²) in [5.74, 6) is -1.16. The van der Waals surface area contributed by atoms with Crippen LogP contribution in [0.15, 0.2) is 66.7 Å². The molecule has 2 saturated heterocycles. The molecule has 3 aromatic rings. The smallest absolute Gasteiger partial charge is 0.410 e. The fourth-order valence-electron chi connectivity index (χ4n) is 6.05. The average molecular weight is 672 g/mol. The predicted molar refractivity (Wildman–Crippen MR) is 177 cm³/mol. The summed E-state index contributed by atoms with van der Waals surface area (Å²) in [6, 6.07) is 19.5. The summed E-state index contributed by atoms with van der Waals surface area (Å²) in [5.41, 5.74) is 1.50. The number of aromatic nitrogens is 2. The number of nitrogens with one attached hydrogen (secondary N) is 2. The van der Waals surface area contributed by atoms with Crippen molar-refractivity contribution in [3.05, 3.63) is 78.0 Å². The third-order valence-corrected chi connectivity index (χ3v) is 9.08. The lowest BCUT2D eigenvalue weighted by atomic mass is 9.93. The average Bonchev–Trinajstić information content (AvgIpc) is 3.79. The number of piperazine rings is 1. The Kier molecular flexibility index (Phi) is 10.7. The highest BCUT2D eigenvalue weighted by atomic mass is 16.6. The molecule has 49 heavy (non-hydrogen) atoms. The molecular formula is C35H41N7O7. The first-order chi connectivity index (χ1) is 23.9. The molecule has 0 radical (unpaired) electrons. The first-order valence-corrected chi connectivity index (χ1v) is 16.8. The lowest BCUT2D eigenvalue weighted by Gasteiger charge is -2.34. The highest BCUT2D eigenvalue weighted by molar-refractivity contribution is 5.95. The van der Waals surface area contributed by atoms with Gasteiger partial charge in [-0.05, 0) is 49.8 Å². The summed E-state index contributed by atoms with van der Waals surface area (Å²) in [6.07, 6.45) is 3.93. The van der Waals surface area contributed by atoms with Crippen molar-refractivity contribution < 1.29 is 33.4 Å². The van der Waals surface area contributed by atoms with E-state index in [1.165, 1.54) is 10.7 Å². The van der Waals surface area contributed by atoms with E-state index in [2.05, 4.69) is 15.7 Å². The molecule has 2 N–H and O–H groups in total. The number of carbonyl (C=O) groups excluding carboxylic acids is 5. The van der Waals surface area contributed by atoms with E-state index in [0.717, 1.165) is 31.2 Å². The van der Waals surface area contributed by atoms with E-state index in [-0.39, 0.29) is 55.1 Å². The number of rotatable bonds is 11. The minimum Gasteiger partial charge on any atom is -0.467 e. The van der Waals surface area contributed by atoms with Gasteiger partial charge in [0.25, 0.3) is 11.8 Å². The van der Waals surface area contributed by atoms with Crippen molar-refractivity contribution in [3.8, 4) is 11.6 Å². The zero-order valence-corrected chi connectivity index (χ0v) is 27.3. The predicted octanol–water partition coefficient (Wildman–Crippen LogP) is 2.12. The van der Waals surface area contributed by atoms with Crippen LogP contribution in [0.4, 0.5) is 4.79 Å². The topological polar surface area (TPSA) is 155 Å². The molecule has 6 rings (SSSR count). The Morgan fingerprint density at radius 2 is 1.49 bits per heavy atom. The van der Waals surface area contributed by atoms with E-state index < -0.39 is 18.0 Å². The van der Waals surface area contributed by atoms with Crippen LogP contribution in [0.2, 0.25) is 0 Å². The van der Waals surface area contributed by atoms with Gasteiger partial charge >= 0.3 is 6.09 Å². The Labute approximate surface area is 284 Å². The molecule has 1 atom stereocenters. The second-order valence-corrected chi connectivity index (χ2v) is 12.4. The van der Waals surface area contributed by atoms with Gasteiger partial charge in [-0.1, -0.05) is 48.5 Å². The number of para-hydroxylation sites is 1. The summed E-state index contributed by atoms with van der Waals surface area (Å²) < 4.78 is 12.7. The zero-order chi connectivity index (χ0) is 34.2. The molecule has 2 aliphatic heterocycles. The highest BCUT2D eigenvalue weighted by Crippen LogP contribution is 2.23. The molecule has 1 unspecified atom stereocenters. The Morgan fingerprint density at radius 3 is 2.18 bits per heavy atom. The van der Waals surface area contributed by atoms with E-state index in [1.807, 2.05) is 48.5 Å². The molecule has 258 valence electrons. The zero-order valence-electron chi connectivity index (χ0n) is 27.3. The SMILES string of the molecule is O=C(NCC(=O)N1CCN(C(=O)OCc2ccccc2)CC1)c1cc(OCC(=O)N2CCCC2C(=O)NC2CCC2)n(-c2ccccc2)n1. The first-order valence-electron chi connectivity index (χ1n) is 16.8. The van der Waals surface area contributed by atoms with Crippen LogP contribution in [0.1, 0.15) is 48.2 Å². The summed E-state index contributed by atoms with van der Waals surface area (Å²) >= 11 is 0. The van der Waals surface area contributed by atoms with Gasteiger partial charge in [-0.25, -0.2) is 9.48 Å². The van der Waals surface area contributed by atoms with Crippen molar-refractivity contribution in [2.24, 2.45) is 0 Å². The maximum atomic E-state index is 13.2. The van der Waals surface area contributed by atoms with Crippen LogP contribution >= 0.6 is 0 Å². The van der Waals surface area contributed by atoms with Gasteiger partial charge in [-0.2, -0.15) is 5.10 Å². The monoisotopic (exact) mass is 671 g/mol. The number of ether oxygens (including phenoxy) is 2. The molecule has 0 bridgehead atoms. The second-order valence-electron chi connectivity index (χ2n) is 12.4. The number of carbonyl (C=O) groups is 5.